The highest BCUT2D eigenvalue weighted by Gasteiger charge is 2.19. The number of hydrogen-bond acceptors (Lipinski definition) is 7. The van der Waals surface area contributed by atoms with Crippen LogP contribution in [0.2, 0.25) is 0 Å². The molecule has 0 atom stereocenters. The molecule has 0 aliphatic rings. The zero-order valence-corrected chi connectivity index (χ0v) is 10.4. The molecule has 0 aliphatic carbocycles. The maximum absolute atomic E-state index is 12.5. The van der Waals surface area contributed by atoms with Crippen molar-refractivity contribution in [2.24, 2.45) is 0 Å². The first-order chi connectivity index (χ1) is 8.64. The summed E-state index contributed by atoms with van der Waals surface area (Å²) >= 11 is 0. The summed E-state index contributed by atoms with van der Waals surface area (Å²) in [7, 11) is -10.7. The first-order valence-corrected chi connectivity index (χ1v) is 7.05. The molecule has 1 aromatic carbocycles. The highest BCUT2D eigenvalue weighted by Crippen LogP contribution is 2.33. The molecule has 11 heteroatoms. The van der Waals surface area contributed by atoms with E-state index in [1.54, 1.807) is 0 Å². The van der Waals surface area contributed by atoms with Gasteiger partial charge in [0.05, 0.1) is 6.26 Å². The molecule has 19 heavy (non-hydrogen) atoms. The molecule has 0 N–H and O–H groups in total. The van der Waals surface area contributed by atoms with Crippen molar-refractivity contribution in [1.82, 2.24) is 0 Å². The lowest BCUT2D eigenvalue weighted by molar-refractivity contribution is 0.431. The summed E-state index contributed by atoms with van der Waals surface area (Å²) in [6.07, 6.45) is 1.11. The SMILES string of the molecule is O=S(=O)(F)Oc1cc(OS(=O)(=O)F)c2occc2c1. The number of fused-ring (bicyclic) bond motifs is 1. The lowest BCUT2D eigenvalue weighted by Crippen LogP contribution is -2.04. The molecule has 0 bridgehead atoms. The average molecular weight is 314 g/mol. The number of rotatable bonds is 4. The van der Waals surface area contributed by atoms with Gasteiger partial charge in [0.2, 0.25) is 0 Å². The molecule has 0 fully saturated rings. The van der Waals surface area contributed by atoms with Crippen molar-refractivity contribution in [1.29, 1.82) is 0 Å². The second kappa shape index (κ2) is 4.35. The molecular weight excluding hydrogens is 310 g/mol. The predicted octanol–water partition coefficient (Wildman–Crippen LogP) is 1.62. The van der Waals surface area contributed by atoms with Gasteiger partial charge in [-0.05, 0) is 12.1 Å². The van der Waals surface area contributed by atoms with E-state index in [0.717, 1.165) is 12.3 Å². The van der Waals surface area contributed by atoms with Gasteiger partial charge < -0.3 is 12.8 Å². The molecule has 1 heterocycles. The Morgan fingerprint density at radius 1 is 1.00 bits per heavy atom. The van der Waals surface area contributed by atoms with Crippen molar-refractivity contribution >= 4 is 32.0 Å². The van der Waals surface area contributed by atoms with Crippen LogP contribution in [0.3, 0.4) is 0 Å². The van der Waals surface area contributed by atoms with Gasteiger partial charge in [-0.2, -0.15) is 16.8 Å². The van der Waals surface area contributed by atoms with E-state index in [1.807, 2.05) is 0 Å². The van der Waals surface area contributed by atoms with Gasteiger partial charge in [0.25, 0.3) is 0 Å². The van der Waals surface area contributed by atoms with Gasteiger partial charge in [0.1, 0.15) is 5.75 Å². The molecule has 104 valence electrons. The van der Waals surface area contributed by atoms with Gasteiger partial charge in [-0.25, -0.2) is 0 Å². The minimum Gasteiger partial charge on any atom is -0.460 e. The predicted molar refractivity (Wildman–Crippen MR) is 57.5 cm³/mol. The van der Waals surface area contributed by atoms with Gasteiger partial charge in [0, 0.05) is 11.5 Å². The number of benzene rings is 1. The van der Waals surface area contributed by atoms with Crippen LogP contribution < -0.4 is 8.37 Å². The third-order valence-corrected chi connectivity index (χ3v) is 2.65. The van der Waals surface area contributed by atoms with Crippen LogP contribution in [0.4, 0.5) is 7.77 Å². The third-order valence-electron chi connectivity index (χ3n) is 1.88. The van der Waals surface area contributed by atoms with Crippen LogP contribution >= 0.6 is 0 Å². The maximum Gasteiger partial charge on any atom is 0.488 e. The molecule has 0 aliphatic heterocycles. The first kappa shape index (κ1) is 13.5. The number of furan rings is 1. The quantitative estimate of drug-likeness (QED) is 0.790. The standard InChI is InChI=1S/C8H4F2O7S2/c9-18(11,12)16-6-3-5-1-2-15-8(5)7(4-6)17-19(10,13)14/h1-4H. The van der Waals surface area contributed by atoms with E-state index in [4.69, 9.17) is 4.42 Å². The molecule has 2 aromatic rings. The van der Waals surface area contributed by atoms with Gasteiger partial charge in [0.15, 0.2) is 11.3 Å². The summed E-state index contributed by atoms with van der Waals surface area (Å²) in [5, 5.41) is 0.125. The molecule has 0 unspecified atom stereocenters. The van der Waals surface area contributed by atoms with E-state index in [2.05, 4.69) is 8.37 Å². The van der Waals surface area contributed by atoms with E-state index in [9.17, 15) is 24.6 Å². The largest absolute Gasteiger partial charge is 0.488 e. The van der Waals surface area contributed by atoms with E-state index in [-0.39, 0.29) is 11.0 Å². The summed E-state index contributed by atoms with van der Waals surface area (Å²) in [5.74, 6) is -1.28. The average Bonchev–Trinajstić information content (AvgIpc) is 2.59. The first-order valence-electron chi connectivity index (χ1n) is 4.43. The van der Waals surface area contributed by atoms with E-state index < -0.39 is 32.5 Å². The normalized spacial score (nSPS) is 12.5. The van der Waals surface area contributed by atoms with Crippen LogP contribution in [0.15, 0.2) is 28.9 Å². The third kappa shape index (κ3) is 3.54. The molecule has 2 rings (SSSR count). The fourth-order valence-electron chi connectivity index (χ4n) is 1.35. The summed E-state index contributed by atoms with van der Waals surface area (Å²) in [6, 6.07) is 2.97. The molecule has 1 aromatic heterocycles. The zero-order chi connectivity index (χ0) is 14.3. The molecule has 0 amide bonds. The van der Waals surface area contributed by atoms with Crippen molar-refractivity contribution in [2.75, 3.05) is 0 Å². The lowest BCUT2D eigenvalue weighted by Gasteiger charge is -2.04. The Bertz CT molecular complexity index is 822. The minimum absolute atomic E-state index is 0.125. The molecule has 0 radical (unpaired) electrons. The Kier molecular flexibility index (Phi) is 3.10. The fraction of sp³-hybridized carbons (Fsp3) is 0. The van der Waals surface area contributed by atoms with Gasteiger partial charge >= 0.3 is 21.0 Å². The van der Waals surface area contributed by atoms with Crippen molar-refractivity contribution in [3.8, 4) is 11.5 Å². The van der Waals surface area contributed by atoms with Crippen LogP contribution in [0.25, 0.3) is 11.0 Å². The fourth-order valence-corrected chi connectivity index (χ4v) is 2.02. The topological polar surface area (TPSA) is 99.9 Å². The summed E-state index contributed by atoms with van der Waals surface area (Å²) in [4.78, 5) is 0. The van der Waals surface area contributed by atoms with Crippen molar-refractivity contribution in [3.63, 3.8) is 0 Å². The Morgan fingerprint density at radius 2 is 1.63 bits per heavy atom. The van der Waals surface area contributed by atoms with Gasteiger partial charge in [-0.1, -0.05) is 7.77 Å². The summed E-state index contributed by atoms with van der Waals surface area (Å²) < 4.78 is 78.9. The zero-order valence-electron chi connectivity index (χ0n) is 8.74. The molecule has 0 saturated heterocycles. The monoisotopic (exact) mass is 314 g/mol. The maximum atomic E-state index is 12.5. The smallest absolute Gasteiger partial charge is 0.460 e. The van der Waals surface area contributed by atoms with Crippen LogP contribution in [-0.2, 0) is 21.0 Å². The molecular formula is C8H4F2O7S2. The summed E-state index contributed by atoms with van der Waals surface area (Å²) in [6.45, 7) is 0. The van der Waals surface area contributed by atoms with Crippen molar-refractivity contribution in [2.45, 2.75) is 0 Å². The van der Waals surface area contributed by atoms with Gasteiger partial charge in [-0.15, -0.1) is 0 Å². The van der Waals surface area contributed by atoms with Crippen LogP contribution in [0.5, 0.6) is 11.5 Å². The summed E-state index contributed by atoms with van der Waals surface area (Å²) in [5.41, 5.74) is -0.176. The highest BCUT2D eigenvalue weighted by atomic mass is 32.3. The molecule has 0 saturated carbocycles. The Morgan fingerprint density at radius 3 is 2.21 bits per heavy atom. The number of hydrogen-bond donors (Lipinski definition) is 0. The lowest BCUT2D eigenvalue weighted by atomic mass is 10.2. The van der Waals surface area contributed by atoms with Crippen molar-refractivity contribution in [3.05, 3.63) is 24.5 Å². The van der Waals surface area contributed by atoms with E-state index >= 15 is 0 Å². The number of halogens is 2. The van der Waals surface area contributed by atoms with E-state index in [0.29, 0.717) is 6.07 Å². The van der Waals surface area contributed by atoms with Crippen LogP contribution in [0, 0.1) is 0 Å². The Hall–Kier alpha value is -1.88. The van der Waals surface area contributed by atoms with Gasteiger partial charge in [-0.3, -0.25) is 0 Å². The molecule has 7 nitrogen and oxygen atoms in total. The highest BCUT2D eigenvalue weighted by molar-refractivity contribution is 7.82. The Labute approximate surface area is 106 Å². The second-order valence-electron chi connectivity index (χ2n) is 3.21. The minimum atomic E-state index is -5.37. The van der Waals surface area contributed by atoms with Crippen LogP contribution in [-0.4, -0.2) is 16.8 Å². The van der Waals surface area contributed by atoms with E-state index in [1.165, 1.54) is 6.07 Å². The van der Waals surface area contributed by atoms with Crippen LogP contribution in [0.1, 0.15) is 0 Å². The van der Waals surface area contributed by atoms with Crippen molar-refractivity contribution < 1.29 is 37.4 Å². The molecule has 0 spiro atoms. The second-order valence-corrected chi connectivity index (χ2v) is 5.12. The Balaban J connectivity index is 2.57.